The molecule has 3 nitrogen and oxygen atoms in total. The van der Waals surface area contributed by atoms with Gasteiger partial charge in [0.15, 0.2) is 0 Å². The van der Waals surface area contributed by atoms with Gasteiger partial charge in [0, 0.05) is 24.8 Å². The predicted octanol–water partition coefficient (Wildman–Crippen LogP) is 0.306. The third kappa shape index (κ3) is 2.41. The van der Waals surface area contributed by atoms with E-state index in [0.29, 0.717) is 6.54 Å². The quantitative estimate of drug-likeness (QED) is 0.669. The maximum Gasteiger partial charge on any atom is 0.269 e. The molecule has 0 saturated heterocycles. The summed E-state index contributed by atoms with van der Waals surface area (Å²) in [6.07, 6.45) is 4.77. The maximum absolute atomic E-state index is 10.4. The van der Waals surface area contributed by atoms with Gasteiger partial charge < -0.3 is 5.73 Å². The minimum absolute atomic E-state index is 0. The molecule has 2 N–H and O–H groups in total. The number of carbonyl (C=O) groups is 1. The number of nitrogens with two attached hydrogens (primary N) is 1. The van der Waals surface area contributed by atoms with Crippen LogP contribution in [0.5, 0.6) is 0 Å². The van der Waals surface area contributed by atoms with Crippen LogP contribution in [0.25, 0.3) is 0 Å². The molecule has 0 aromatic rings. The highest BCUT2D eigenvalue weighted by atomic mass is 79.9. The van der Waals surface area contributed by atoms with Crippen molar-refractivity contribution < 1.29 is 4.79 Å². The molecule has 1 unspecified atom stereocenters. The molecule has 1 rings (SSSR count). The molecule has 4 heteroatoms. The Morgan fingerprint density at radius 1 is 1.70 bits per heavy atom. The average Bonchev–Trinajstić information content (AvgIpc) is 1.90. The molecule has 10 heavy (non-hydrogen) atoms. The van der Waals surface area contributed by atoms with Gasteiger partial charge in [0.05, 0.1) is 0 Å². The number of aliphatic imine (C=N–C) groups is 1. The summed E-state index contributed by atoms with van der Waals surface area (Å²) in [5.41, 5.74) is 5.29. The first-order chi connectivity index (χ1) is 4.33. The number of rotatable bonds is 1. The molecule has 0 bridgehead atoms. The Kier molecular flexibility index (Phi) is 4.14. The number of hydrogen-bond donors (Lipinski definition) is 1. The first-order valence-electron chi connectivity index (χ1n) is 2.79. The molecule has 1 aliphatic heterocycles. The van der Waals surface area contributed by atoms with Crippen LogP contribution < -0.4 is 5.73 Å². The lowest BCUT2D eigenvalue weighted by Crippen LogP contribution is -2.16. The van der Waals surface area contributed by atoms with Gasteiger partial charge in [-0.1, -0.05) is 6.08 Å². The van der Waals surface area contributed by atoms with Crippen LogP contribution >= 0.6 is 17.0 Å². The van der Waals surface area contributed by atoms with E-state index < -0.39 is 0 Å². The Bertz CT molecular complexity index is 161. The van der Waals surface area contributed by atoms with Crippen LogP contribution in [0.3, 0.4) is 0 Å². The second-order valence-electron chi connectivity index (χ2n) is 1.88. The van der Waals surface area contributed by atoms with Crippen molar-refractivity contribution in [2.75, 3.05) is 6.54 Å². The Morgan fingerprint density at radius 2 is 2.40 bits per heavy atom. The average molecular weight is 205 g/mol. The van der Waals surface area contributed by atoms with Crippen molar-refractivity contribution in [2.45, 2.75) is 0 Å². The largest absolute Gasteiger partial charge is 0.330 e. The van der Waals surface area contributed by atoms with E-state index in [4.69, 9.17) is 5.73 Å². The van der Waals surface area contributed by atoms with Gasteiger partial charge in [0.25, 0.3) is 5.91 Å². The highest BCUT2D eigenvalue weighted by molar-refractivity contribution is 8.93. The number of nitrogens with zero attached hydrogens (tertiary/aromatic N) is 1. The highest BCUT2D eigenvalue weighted by Gasteiger charge is 2.03. The predicted molar refractivity (Wildman–Crippen MR) is 45.5 cm³/mol. The van der Waals surface area contributed by atoms with Crippen LogP contribution in [0, 0.1) is 5.92 Å². The zero-order chi connectivity index (χ0) is 6.69. The molecule has 0 fully saturated rings. The van der Waals surface area contributed by atoms with Crippen molar-refractivity contribution in [1.29, 1.82) is 0 Å². The Hall–Kier alpha value is -0.480. The van der Waals surface area contributed by atoms with Crippen LogP contribution in [-0.4, -0.2) is 18.7 Å². The van der Waals surface area contributed by atoms with E-state index in [9.17, 15) is 4.79 Å². The van der Waals surface area contributed by atoms with Gasteiger partial charge in [-0.3, -0.25) is 4.79 Å². The molecule has 0 spiro atoms. The van der Waals surface area contributed by atoms with Crippen molar-refractivity contribution in [3.63, 3.8) is 0 Å². The summed E-state index contributed by atoms with van der Waals surface area (Å²) in [6, 6.07) is 0. The van der Waals surface area contributed by atoms with E-state index in [1.165, 1.54) is 6.08 Å². The SMILES string of the molecule is Br.NCC1C=CC(=O)N=C1. The number of dihydropyridines is 1. The Balaban J connectivity index is 0.000000810. The van der Waals surface area contributed by atoms with E-state index in [-0.39, 0.29) is 28.8 Å². The van der Waals surface area contributed by atoms with E-state index in [2.05, 4.69) is 4.99 Å². The summed E-state index contributed by atoms with van der Waals surface area (Å²) in [5, 5.41) is 0. The minimum atomic E-state index is -0.195. The van der Waals surface area contributed by atoms with Gasteiger partial charge in [-0.25, -0.2) is 4.99 Å². The zero-order valence-corrected chi connectivity index (χ0v) is 7.07. The lowest BCUT2D eigenvalue weighted by molar-refractivity contribution is -0.113. The van der Waals surface area contributed by atoms with Crippen molar-refractivity contribution >= 4 is 29.1 Å². The molecule has 1 amide bonds. The Labute approximate surface area is 69.8 Å². The molecule has 0 aliphatic carbocycles. The standard InChI is InChI=1S/C6H8N2O.BrH/c7-3-5-1-2-6(9)8-4-5;/h1-2,4-5H,3,7H2;1H. The fourth-order valence-corrected chi connectivity index (χ4v) is 0.607. The number of amides is 1. The van der Waals surface area contributed by atoms with E-state index in [1.807, 2.05) is 0 Å². The summed E-state index contributed by atoms with van der Waals surface area (Å²) in [6.45, 7) is 0.521. The summed E-state index contributed by atoms with van der Waals surface area (Å²) in [4.78, 5) is 14.0. The second-order valence-corrected chi connectivity index (χ2v) is 1.88. The molecule has 1 heterocycles. The third-order valence-electron chi connectivity index (χ3n) is 1.15. The van der Waals surface area contributed by atoms with Gasteiger partial charge in [0.2, 0.25) is 0 Å². The van der Waals surface area contributed by atoms with Gasteiger partial charge >= 0.3 is 0 Å². The summed E-state index contributed by atoms with van der Waals surface area (Å²) < 4.78 is 0. The minimum Gasteiger partial charge on any atom is -0.330 e. The zero-order valence-electron chi connectivity index (χ0n) is 5.36. The third-order valence-corrected chi connectivity index (χ3v) is 1.15. The molecular weight excluding hydrogens is 196 g/mol. The normalized spacial score (nSPS) is 22.5. The monoisotopic (exact) mass is 204 g/mol. The van der Waals surface area contributed by atoms with Gasteiger partial charge in [-0.2, -0.15) is 0 Å². The molecule has 0 radical (unpaired) electrons. The molecular formula is C6H9BrN2O. The lowest BCUT2D eigenvalue weighted by Gasteiger charge is -2.03. The molecule has 0 aromatic carbocycles. The first kappa shape index (κ1) is 9.52. The summed E-state index contributed by atoms with van der Waals surface area (Å²) >= 11 is 0. The van der Waals surface area contributed by atoms with Gasteiger partial charge in [-0.05, 0) is 0 Å². The fourth-order valence-electron chi connectivity index (χ4n) is 0.607. The van der Waals surface area contributed by atoms with E-state index >= 15 is 0 Å². The van der Waals surface area contributed by atoms with Gasteiger partial charge in [0.1, 0.15) is 0 Å². The number of hydrogen-bond acceptors (Lipinski definition) is 2. The van der Waals surface area contributed by atoms with Crippen molar-refractivity contribution in [2.24, 2.45) is 16.6 Å². The number of carbonyl (C=O) groups excluding carboxylic acids is 1. The topological polar surface area (TPSA) is 55.5 Å². The lowest BCUT2D eigenvalue weighted by atomic mass is 10.1. The van der Waals surface area contributed by atoms with E-state index in [1.54, 1.807) is 12.3 Å². The first-order valence-corrected chi connectivity index (χ1v) is 2.79. The fraction of sp³-hybridized carbons (Fsp3) is 0.333. The van der Waals surface area contributed by atoms with Crippen molar-refractivity contribution in [3.05, 3.63) is 12.2 Å². The maximum atomic E-state index is 10.4. The molecule has 0 saturated carbocycles. The molecule has 0 aromatic heterocycles. The Morgan fingerprint density at radius 3 is 2.80 bits per heavy atom. The van der Waals surface area contributed by atoms with E-state index in [0.717, 1.165) is 0 Å². The summed E-state index contributed by atoms with van der Waals surface area (Å²) in [7, 11) is 0. The molecule has 1 atom stereocenters. The van der Waals surface area contributed by atoms with Crippen LogP contribution in [0.1, 0.15) is 0 Å². The van der Waals surface area contributed by atoms with Crippen LogP contribution in [0.4, 0.5) is 0 Å². The van der Waals surface area contributed by atoms with Crippen LogP contribution in [0.15, 0.2) is 17.1 Å². The molecule has 1 aliphatic rings. The van der Waals surface area contributed by atoms with Gasteiger partial charge in [-0.15, -0.1) is 17.0 Å². The van der Waals surface area contributed by atoms with Crippen LogP contribution in [-0.2, 0) is 4.79 Å². The second kappa shape index (κ2) is 4.35. The van der Waals surface area contributed by atoms with Crippen LogP contribution in [0.2, 0.25) is 0 Å². The highest BCUT2D eigenvalue weighted by Crippen LogP contribution is 1.98. The van der Waals surface area contributed by atoms with Crippen molar-refractivity contribution in [3.8, 4) is 0 Å². The smallest absolute Gasteiger partial charge is 0.269 e. The van der Waals surface area contributed by atoms with Crippen molar-refractivity contribution in [1.82, 2.24) is 0 Å². The molecule has 56 valence electrons. The number of halogens is 1. The summed E-state index contributed by atoms with van der Waals surface area (Å²) in [5.74, 6) is -0.0394.